The van der Waals surface area contributed by atoms with E-state index in [9.17, 15) is 4.79 Å². The molecule has 0 aliphatic heterocycles. The summed E-state index contributed by atoms with van der Waals surface area (Å²) in [6.45, 7) is 2.39. The molecule has 0 fully saturated rings. The zero-order valence-electron chi connectivity index (χ0n) is 16.3. The number of para-hydroxylation sites is 1. The summed E-state index contributed by atoms with van der Waals surface area (Å²) in [7, 11) is 0. The van der Waals surface area contributed by atoms with E-state index in [1.54, 1.807) is 22.2 Å². The Kier molecular flexibility index (Phi) is 4.65. The van der Waals surface area contributed by atoms with Crippen LogP contribution in [0.4, 0.5) is 0 Å². The first-order valence-electron chi connectivity index (χ1n) is 9.59. The Morgan fingerprint density at radius 1 is 1.10 bits per heavy atom. The second-order valence-corrected chi connectivity index (χ2v) is 7.92. The highest BCUT2D eigenvalue weighted by atomic mass is 32.1. The number of hydrogen-bond acceptors (Lipinski definition) is 4. The van der Waals surface area contributed by atoms with Crippen LogP contribution in [0.3, 0.4) is 0 Å². The summed E-state index contributed by atoms with van der Waals surface area (Å²) in [6, 6.07) is 17.8. The zero-order valence-corrected chi connectivity index (χ0v) is 17.1. The Balaban J connectivity index is 1.47. The number of aromatic nitrogens is 4. The van der Waals surface area contributed by atoms with E-state index >= 15 is 0 Å². The largest absolute Gasteiger partial charge is 0.346 e. The van der Waals surface area contributed by atoms with Crippen LogP contribution in [0.1, 0.15) is 21.6 Å². The minimum Gasteiger partial charge on any atom is -0.346 e. The van der Waals surface area contributed by atoms with Crippen LogP contribution < -0.4 is 5.32 Å². The van der Waals surface area contributed by atoms with E-state index in [0.29, 0.717) is 17.8 Å². The fourth-order valence-electron chi connectivity index (χ4n) is 3.39. The predicted octanol–water partition coefficient (Wildman–Crippen LogP) is 4.49. The highest BCUT2D eigenvalue weighted by Crippen LogP contribution is 2.25. The second-order valence-electron chi connectivity index (χ2n) is 7.05. The molecule has 3 aromatic heterocycles. The number of carbonyl (C=O) groups is 1. The summed E-state index contributed by atoms with van der Waals surface area (Å²) in [6.07, 6.45) is 5.67. The average Bonchev–Trinajstić information content (AvgIpc) is 3.47. The average molecular weight is 414 g/mol. The number of thiazole rings is 1. The molecule has 5 aromatic rings. The topological polar surface area (TPSA) is 64.2 Å². The Morgan fingerprint density at radius 2 is 1.97 bits per heavy atom. The molecule has 0 unspecified atom stereocenters. The smallest absolute Gasteiger partial charge is 0.255 e. The van der Waals surface area contributed by atoms with Crippen molar-refractivity contribution < 1.29 is 4.79 Å². The first kappa shape index (κ1) is 18.3. The van der Waals surface area contributed by atoms with Gasteiger partial charge in [0.25, 0.3) is 5.91 Å². The number of nitrogens with one attached hydrogen (secondary N) is 1. The molecule has 6 nitrogen and oxygen atoms in total. The van der Waals surface area contributed by atoms with Crippen LogP contribution in [0.15, 0.2) is 78.6 Å². The van der Waals surface area contributed by atoms with Crippen molar-refractivity contribution >= 4 is 22.2 Å². The minimum absolute atomic E-state index is 0.176. The Bertz CT molecular complexity index is 1300. The Hall–Kier alpha value is -3.71. The van der Waals surface area contributed by atoms with Crippen LogP contribution >= 0.6 is 11.3 Å². The molecule has 0 atom stereocenters. The van der Waals surface area contributed by atoms with Gasteiger partial charge >= 0.3 is 0 Å². The van der Waals surface area contributed by atoms with Crippen LogP contribution in [-0.2, 0) is 6.54 Å². The standard InChI is InChI=1S/C23H19N5OS/c1-16-6-5-7-17(12-16)21-20(15-28(26-21)19-8-3-2-4-9-19)22(29)24-13-18-14-27-10-11-30-23(27)25-18/h2-12,14-15H,13H2,1H3,(H,24,29). The molecule has 0 spiro atoms. The van der Waals surface area contributed by atoms with Crippen molar-refractivity contribution in [2.24, 2.45) is 0 Å². The lowest BCUT2D eigenvalue weighted by Crippen LogP contribution is -2.23. The van der Waals surface area contributed by atoms with Crippen molar-refractivity contribution in [3.63, 3.8) is 0 Å². The molecule has 3 heterocycles. The van der Waals surface area contributed by atoms with Crippen molar-refractivity contribution in [2.45, 2.75) is 13.5 Å². The van der Waals surface area contributed by atoms with Crippen molar-refractivity contribution in [3.8, 4) is 16.9 Å². The number of imidazole rings is 1. The molecule has 0 saturated carbocycles. The van der Waals surface area contributed by atoms with Crippen LogP contribution in [0.25, 0.3) is 21.9 Å². The van der Waals surface area contributed by atoms with Gasteiger partial charge in [-0.3, -0.25) is 9.20 Å². The van der Waals surface area contributed by atoms with Crippen LogP contribution in [-0.4, -0.2) is 25.1 Å². The maximum atomic E-state index is 13.1. The molecule has 7 heteroatoms. The van der Waals surface area contributed by atoms with E-state index in [2.05, 4.69) is 10.3 Å². The van der Waals surface area contributed by atoms with E-state index in [-0.39, 0.29) is 5.91 Å². The van der Waals surface area contributed by atoms with Gasteiger partial charge in [-0.15, -0.1) is 11.3 Å². The van der Waals surface area contributed by atoms with Crippen molar-refractivity contribution in [3.05, 3.63) is 95.4 Å². The number of aryl methyl sites for hydroxylation is 1. The molecule has 30 heavy (non-hydrogen) atoms. The zero-order chi connectivity index (χ0) is 20.5. The highest BCUT2D eigenvalue weighted by Gasteiger charge is 2.19. The van der Waals surface area contributed by atoms with Crippen molar-refractivity contribution in [2.75, 3.05) is 0 Å². The lowest BCUT2D eigenvalue weighted by molar-refractivity contribution is 0.0951. The molecular formula is C23H19N5OS. The molecule has 0 radical (unpaired) electrons. The third kappa shape index (κ3) is 3.51. The van der Waals surface area contributed by atoms with E-state index in [1.165, 1.54) is 0 Å². The van der Waals surface area contributed by atoms with E-state index < -0.39 is 0 Å². The Labute approximate surface area is 177 Å². The molecule has 1 N–H and O–H groups in total. The number of rotatable bonds is 5. The fourth-order valence-corrected chi connectivity index (χ4v) is 4.10. The maximum Gasteiger partial charge on any atom is 0.255 e. The quantitative estimate of drug-likeness (QED) is 0.462. The molecular weight excluding hydrogens is 394 g/mol. The van der Waals surface area contributed by atoms with E-state index in [1.807, 2.05) is 83.7 Å². The molecule has 0 bridgehead atoms. The predicted molar refractivity (Wildman–Crippen MR) is 118 cm³/mol. The van der Waals surface area contributed by atoms with Crippen molar-refractivity contribution in [1.82, 2.24) is 24.5 Å². The van der Waals surface area contributed by atoms with Crippen LogP contribution in [0, 0.1) is 6.92 Å². The van der Waals surface area contributed by atoms with Gasteiger partial charge in [0.05, 0.1) is 23.5 Å². The number of carbonyl (C=O) groups excluding carboxylic acids is 1. The summed E-state index contributed by atoms with van der Waals surface area (Å²) in [5, 5.41) is 9.71. The second kappa shape index (κ2) is 7.61. The highest BCUT2D eigenvalue weighted by molar-refractivity contribution is 7.15. The normalized spacial score (nSPS) is 11.1. The van der Waals surface area contributed by atoms with Gasteiger partial charge < -0.3 is 5.32 Å². The third-order valence-electron chi connectivity index (χ3n) is 4.84. The van der Waals surface area contributed by atoms with Gasteiger partial charge in [0, 0.05) is 29.5 Å². The summed E-state index contributed by atoms with van der Waals surface area (Å²) in [5.41, 5.74) is 4.95. The van der Waals surface area contributed by atoms with E-state index in [4.69, 9.17) is 5.10 Å². The molecule has 1 amide bonds. The number of amides is 1. The van der Waals surface area contributed by atoms with Gasteiger partial charge in [0.15, 0.2) is 4.96 Å². The van der Waals surface area contributed by atoms with Crippen LogP contribution in [0.2, 0.25) is 0 Å². The number of benzene rings is 2. The minimum atomic E-state index is -0.176. The Morgan fingerprint density at radius 3 is 2.77 bits per heavy atom. The van der Waals surface area contributed by atoms with Gasteiger partial charge in [-0.1, -0.05) is 42.0 Å². The molecule has 148 valence electrons. The van der Waals surface area contributed by atoms with Gasteiger partial charge in [-0.2, -0.15) is 5.10 Å². The summed E-state index contributed by atoms with van der Waals surface area (Å²) in [4.78, 5) is 18.5. The molecule has 0 saturated heterocycles. The molecule has 0 aliphatic rings. The lowest BCUT2D eigenvalue weighted by Gasteiger charge is -2.04. The van der Waals surface area contributed by atoms with Gasteiger partial charge in [-0.25, -0.2) is 9.67 Å². The monoisotopic (exact) mass is 413 g/mol. The number of fused-ring (bicyclic) bond motifs is 1. The molecule has 5 rings (SSSR count). The van der Waals surface area contributed by atoms with E-state index in [0.717, 1.165) is 27.5 Å². The first-order valence-corrected chi connectivity index (χ1v) is 10.5. The third-order valence-corrected chi connectivity index (χ3v) is 5.62. The van der Waals surface area contributed by atoms with Gasteiger partial charge in [0.2, 0.25) is 0 Å². The molecule has 2 aromatic carbocycles. The summed E-state index contributed by atoms with van der Waals surface area (Å²) >= 11 is 1.57. The summed E-state index contributed by atoms with van der Waals surface area (Å²) in [5.74, 6) is -0.176. The van der Waals surface area contributed by atoms with Crippen molar-refractivity contribution in [1.29, 1.82) is 0 Å². The van der Waals surface area contributed by atoms with Gasteiger partial charge in [0.1, 0.15) is 5.69 Å². The summed E-state index contributed by atoms with van der Waals surface area (Å²) < 4.78 is 3.71. The molecule has 0 aliphatic carbocycles. The van der Waals surface area contributed by atoms with Gasteiger partial charge in [-0.05, 0) is 25.1 Å². The number of nitrogens with zero attached hydrogens (tertiary/aromatic N) is 4. The van der Waals surface area contributed by atoms with Crippen LogP contribution in [0.5, 0.6) is 0 Å². The SMILES string of the molecule is Cc1cccc(-c2nn(-c3ccccc3)cc2C(=O)NCc2cn3ccsc3n2)c1. The number of hydrogen-bond donors (Lipinski definition) is 1. The maximum absolute atomic E-state index is 13.1. The first-order chi connectivity index (χ1) is 14.7. The lowest BCUT2D eigenvalue weighted by atomic mass is 10.1. The fraction of sp³-hybridized carbons (Fsp3) is 0.0870.